The van der Waals surface area contributed by atoms with Crippen LogP contribution in [-0.2, 0) is 0 Å². The highest BCUT2D eigenvalue weighted by Crippen LogP contribution is 2.34. The molecule has 2 aromatic rings. The Labute approximate surface area is 114 Å². The summed E-state index contributed by atoms with van der Waals surface area (Å²) < 4.78 is 6.34. The van der Waals surface area contributed by atoms with Crippen LogP contribution in [0.3, 0.4) is 0 Å². The van der Waals surface area contributed by atoms with Crippen LogP contribution in [-0.4, -0.2) is 16.2 Å². The van der Waals surface area contributed by atoms with Crippen molar-refractivity contribution >= 4 is 15.9 Å². The van der Waals surface area contributed by atoms with E-state index in [0.717, 1.165) is 29.3 Å². The highest BCUT2D eigenvalue weighted by Gasteiger charge is 2.28. The molecule has 5 heteroatoms. The minimum absolute atomic E-state index is 0.272. The Balaban J connectivity index is 1.88. The minimum Gasteiger partial charge on any atom is -0.339 e. The van der Waals surface area contributed by atoms with Gasteiger partial charge in [-0.3, -0.25) is 0 Å². The monoisotopic (exact) mass is 307 g/mol. The number of nitrogens with two attached hydrogens (primary N) is 1. The molecule has 1 aliphatic carbocycles. The van der Waals surface area contributed by atoms with E-state index in [1.165, 1.54) is 0 Å². The maximum atomic E-state index is 5.91. The molecule has 0 bridgehead atoms. The van der Waals surface area contributed by atoms with E-state index >= 15 is 0 Å². The van der Waals surface area contributed by atoms with Crippen molar-refractivity contribution in [3.05, 3.63) is 34.6 Å². The zero-order valence-electron chi connectivity index (χ0n) is 9.84. The zero-order valence-corrected chi connectivity index (χ0v) is 11.4. The number of nitrogens with zero attached hydrogens (tertiary/aromatic N) is 2. The summed E-state index contributed by atoms with van der Waals surface area (Å²) in [5.41, 5.74) is 6.86. The van der Waals surface area contributed by atoms with Crippen molar-refractivity contribution in [3.63, 3.8) is 0 Å². The first-order valence-electron chi connectivity index (χ1n) is 6.08. The van der Waals surface area contributed by atoms with E-state index in [2.05, 4.69) is 26.1 Å². The molecule has 1 aromatic carbocycles. The molecule has 0 saturated heterocycles. The molecule has 4 nitrogen and oxygen atoms in total. The van der Waals surface area contributed by atoms with Crippen molar-refractivity contribution in [1.29, 1.82) is 0 Å². The third-order valence-electron chi connectivity index (χ3n) is 3.38. The molecule has 18 heavy (non-hydrogen) atoms. The first-order valence-corrected chi connectivity index (χ1v) is 6.87. The molecule has 2 N–H and O–H groups in total. The second-order valence-corrected chi connectivity index (χ2v) is 5.56. The molecule has 1 heterocycles. The van der Waals surface area contributed by atoms with Gasteiger partial charge >= 0.3 is 0 Å². The molecule has 2 atom stereocenters. The van der Waals surface area contributed by atoms with Gasteiger partial charge in [0, 0.05) is 22.0 Å². The van der Waals surface area contributed by atoms with E-state index in [9.17, 15) is 0 Å². The molecular weight excluding hydrogens is 294 g/mol. The van der Waals surface area contributed by atoms with Gasteiger partial charge in [0.1, 0.15) is 0 Å². The number of halogens is 1. The normalized spacial score (nSPS) is 23.4. The Bertz CT molecular complexity index is 555. The standard InChI is InChI=1S/C13H14BrN3O/c14-11-4-2-1-3-10(11)12-16-13(18-17-12)8-5-6-9(15)7-8/h1-4,8-9H,5-7,15H2. The Kier molecular flexibility index (Phi) is 3.18. The summed E-state index contributed by atoms with van der Waals surface area (Å²) >= 11 is 3.49. The van der Waals surface area contributed by atoms with Crippen LogP contribution in [0.2, 0.25) is 0 Å². The number of benzene rings is 1. The van der Waals surface area contributed by atoms with Gasteiger partial charge in [0.25, 0.3) is 0 Å². The highest BCUT2D eigenvalue weighted by molar-refractivity contribution is 9.10. The molecule has 94 valence electrons. The van der Waals surface area contributed by atoms with Crippen LogP contribution < -0.4 is 5.73 Å². The Morgan fingerprint density at radius 2 is 2.11 bits per heavy atom. The van der Waals surface area contributed by atoms with Gasteiger partial charge < -0.3 is 10.3 Å². The number of rotatable bonds is 2. The van der Waals surface area contributed by atoms with Crippen LogP contribution in [0.5, 0.6) is 0 Å². The topological polar surface area (TPSA) is 64.9 Å². The summed E-state index contributed by atoms with van der Waals surface area (Å²) in [6.07, 6.45) is 3.02. The highest BCUT2D eigenvalue weighted by atomic mass is 79.9. The third-order valence-corrected chi connectivity index (χ3v) is 4.07. The molecule has 0 amide bonds. The predicted molar refractivity (Wildman–Crippen MR) is 72.0 cm³/mol. The maximum Gasteiger partial charge on any atom is 0.230 e. The molecule has 0 aliphatic heterocycles. The molecular formula is C13H14BrN3O. The summed E-state index contributed by atoms with van der Waals surface area (Å²) in [6.45, 7) is 0. The lowest BCUT2D eigenvalue weighted by molar-refractivity contribution is 0.353. The summed E-state index contributed by atoms with van der Waals surface area (Å²) in [6, 6.07) is 8.14. The van der Waals surface area contributed by atoms with Crippen LogP contribution in [0, 0.1) is 0 Å². The van der Waals surface area contributed by atoms with Gasteiger partial charge in [0.05, 0.1) is 0 Å². The minimum atomic E-state index is 0.272. The summed E-state index contributed by atoms with van der Waals surface area (Å²) in [5, 5.41) is 4.06. The lowest BCUT2D eigenvalue weighted by Crippen LogP contribution is -2.14. The molecule has 1 saturated carbocycles. The Hall–Kier alpha value is -1.20. The number of aromatic nitrogens is 2. The van der Waals surface area contributed by atoms with Gasteiger partial charge in [-0.25, -0.2) is 0 Å². The molecule has 1 aromatic heterocycles. The molecule has 0 spiro atoms. The second-order valence-electron chi connectivity index (χ2n) is 4.71. The first-order chi connectivity index (χ1) is 8.74. The fourth-order valence-corrected chi connectivity index (χ4v) is 2.86. The van der Waals surface area contributed by atoms with Crippen LogP contribution in [0.1, 0.15) is 31.1 Å². The molecule has 0 radical (unpaired) electrons. The van der Waals surface area contributed by atoms with Crippen LogP contribution >= 0.6 is 15.9 Å². The molecule has 1 fully saturated rings. The van der Waals surface area contributed by atoms with Gasteiger partial charge in [0.2, 0.25) is 11.7 Å². The van der Waals surface area contributed by atoms with Crippen molar-refractivity contribution in [1.82, 2.24) is 10.1 Å². The van der Waals surface area contributed by atoms with Gasteiger partial charge in [-0.05, 0) is 31.4 Å². The van der Waals surface area contributed by atoms with Gasteiger partial charge in [0.15, 0.2) is 0 Å². The van der Waals surface area contributed by atoms with Crippen LogP contribution in [0.25, 0.3) is 11.4 Å². The fraction of sp³-hybridized carbons (Fsp3) is 0.385. The van der Waals surface area contributed by atoms with Gasteiger partial charge in [-0.1, -0.05) is 33.2 Å². The average molecular weight is 308 g/mol. The van der Waals surface area contributed by atoms with E-state index in [1.807, 2.05) is 24.3 Å². The molecule has 1 aliphatic rings. The van der Waals surface area contributed by atoms with Gasteiger partial charge in [-0.2, -0.15) is 4.98 Å². The van der Waals surface area contributed by atoms with E-state index in [4.69, 9.17) is 10.3 Å². The van der Waals surface area contributed by atoms with Crippen LogP contribution in [0.4, 0.5) is 0 Å². The summed E-state index contributed by atoms with van der Waals surface area (Å²) in [7, 11) is 0. The van der Waals surface area contributed by atoms with Crippen molar-refractivity contribution in [3.8, 4) is 11.4 Å². The Morgan fingerprint density at radius 3 is 2.83 bits per heavy atom. The fourth-order valence-electron chi connectivity index (χ4n) is 2.39. The SMILES string of the molecule is NC1CCC(c2nc(-c3ccccc3Br)no2)C1. The van der Waals surface area contributed by atoms with Crippen molar-refractivity contribution < 1.29 is 4.52 Å². The van der Waals surface area contributed by atoms with E-state index < -0.39 is 0 Å². The summed E-state index contributed by atoms with van der Waals surface area (Å²) in [5.74, 6) is 1.68. The quantitative estimate of drug-likeness (QED) is 0.926. The maximum absolute atomic E-state index is 5.91. The lowest BCUT2D eigenvalue weighted by Gasteiger charge is -2.01. The number of hydrogen-bond acceptors (Lipinski definition) is 4. The van der Waals surface area contributed by atoms with E-state index in [-0.39, 0.29) is 6.04 Å². The molecule has 3 rings (SSSR count). The lowest BCUT2D eigenvalue weighted by atomic mass is 10.1. The van der Waals surface area contributed by atoms with E-state index in [1.54, 1.807) is 0 Å². The first kappa shape index (κ1) is 11.9. The van der Waals surface area contributed by atoms with Crippen molar-refractivity contribution in [2.75, 3.05) is 0 Å². The Morgan fingerprint density at radius 1 is 1.28 bits per heavy atom. The van der Waals surface area contributed by atoms with E-state index in [0.29, 0.717) is 17.6 Å². The zero-order chi connectivity index (χ0) is 12.5. The predicted octanol–water partition coefficient (Wildman–Crippen LogP) is 3.09. The smallest absolute Gasteiger partial charge is 0.230 e. The van der Waals surface area contributed by atoms with Crippen molar-refractivity contribution in [2.45, 2.75) is 31.2 Å². The van der Waals surface area contributed by atoms with Gasteiger partial charge in [-0.15, -0.1) is 0 Å². The van der Waals surface area contributed by atoms with Crippen molar-refractivity contribution in [2.24, 2.45) is 5.73 Å². The molecule has 2 unspecified atom stereocenters. The third kappa shape index (κ3) is 2.20. The number of hydrogen-bond donors (Lipinski definition) is 1. The second kappa shape index (κ2) is 4.82. The average Bonchev–Trinajstić information content (AvgIpc) is 2.98. The summed E-state index contributed by atoms with van der Waals surface area (Å²) in [4.78, 5) is 4.49. The largest absolute Gasteiger partial charge is 0.339 e. The van der Waals surface area contributed by atoms with Crippen LogP contribution in [0.15, 0.2) is 33.3 Å².